The van der Waals surface area contributed by atoms with Crippen LogP contribution in [0.4, 0.5) is 0 Å². The number of carbonyl (C=O) groups excluding carboxylic acids is 3. The first-order valence-corrected chi connectivity index (χ1v) is 32.1. The van der Waals surface area contributed by atoms with Gasteiger partial charge in [-0.2, -0.15) is 0 Å². The van der Waals surface area contributed by atoms with E-state index in [0.29, 0.717) is 19.3 Å². The van der Waals surface area contributed by atoms with E-state index in [1.165, 1.54) is 218 Å². The molecule has 1 atom stereocenters. The highest BCUT2D eigenvalue weighted by molar-refractivity contribution is 5.71. The van der Waals surface area contributed by atoms with Gasteiger partial charge >= 0.3 is 17.9 Å². The number of carbonyl (C=O) groups is 3. The van der Waals surface area contributed by atoms with Crippen molar-refractivity contribution >= 4 is 17.9 Å². The van der Waals surface area contributed by atoms with Crippen LogP contribution in [-0.4, -0.2) is 37.2 Å². The number of unbranched alkanes of at least 4 members (excludes halogenated alkanes) is 40. The Hall–Kier alpha value is -2.63. The summed E-state index contributed by atoms with van der Waals surface area (Å²) < 4.78 is 16.9. The molecule has 0 aromatic heterocycles. The molecule has 0 aromatic rings. The molecular formula is C67H122O6. The molecule has 0 bridgehead atoms. The Morgan fingerprint density at radius 1 is 0.274 bits per heavy atom. The van der Waals surface area contributed by atoms with Crippen LogP contribution >= 0.6 is 0 Å². The molecule has 0 aliphatic rings. The number of allylic oxidation sites excluding steroid dienone is 8. The second-order valence-electron chi connectivity index (χ2n) is 21.7. The van der Waals surface area contributed by atoms with Gasteiger partial charge in [-0.25, -0.2) is 0 Å². The lowest BCUT2D eigenvalue weighted by Crippen LogP contribution is -2.30. The van der Waals surface area contributed by atoms with Gasteiger partial charge < -0.3 is 14.2 Å². The van der Waals surface area contributed by atoms with Crippen molar-refractivity contribution in [2.24, 2.45) is 0 Å². The van der Waals surface area contributed by atoms with Crippen LogP contribution in [0.15, 0.2) is 48.6 Å². The SMILES string of the molecule is CCCCCCC/C=C\C/C=C\C/C=C\CCCCCCCCCCC(=O)OCC(COC(=O)CCCCCCCCCCCCCCCCCC)OC(=O)CCCCCCC/C=C\CCCCCCCCC. The van der Waals surface area contributed by atoms with Crippen LogP contribution < -0.4 is 0 Å². The third kappa shape index (κ3) is 60.1. The Balaban J connectivity index is 4.34. The zero-order valence-electron chi connectivity index (χ0n) is 48.9. The molecule has 73 heavy (non-hydrogen) atoms. The standard InChI is InChI=1S/C67H122O6/c1-4-7-10-13-16-19-22-25-28-31-32-33-34-35-36-37-40-42-45-48-51-54-57-60-66(69)72-63-64(73-67(70)61-58-55-52-49-46-43-39-30-27-24-21-18-15-12-9-6-3)62-71-65(68)59-56-53-50-47-44-41-38-29-26-23-20-17-14-11-8-5-2/h22,25,30-32,34-35,39,64H,4-21,23-24,26-29,33,36-38,40-63H2,1-3H3/b25-22-,32-31-,35-34-,39-30-. The van der Waals surface area contributed by atoms with Crippen LogP contribution in [0.1, 0.15) is 342 Å². The number of hydrogen-bond acceptors (Lipinski definition) is 6. The van der Waals surface area contributed by atoms with E-state index in [0.717, 1.165) is 83.5 Å². The largest absolute Gasteiger partial charge is 0.462 e. The minimum atomic E-state index is -0.779. The predicted octanol–water partition coefficient (Wildman–Crippen LogP) is 21.8. The van der Waals surface area contributed by atoms with Gasteiger partial charge in [-0.1, -0.05) is 288 Å². The monoisotopic (exact) mass is 1020 g/mol. The molecule has 0 aliphatic heterocycles. The topological polar surface area (TPSA) is 78.9 Å². The fourth-order valence-electron chi connectivity index (χ4n) is 9.45. The zero-order valence-corrected chi connectivity index (χ0v) is 48.9. The molecule has 0 aromatic carbocycles. The molecule has 0 heterocycles. The number of esters is 3. The van der Waals surface area contributed by atoms with Gasteiger partial charge in [0.05, 0.1) is 0 Å². The quantitative estimate of drug-likeness (QED) is 0.0261. The Kier molecular flexibility index (Phi) is 59.7. The van der Waals surface area contributed by atoms with E-state index in [4.69, 9.17) is 14.2 Å². The fourth-order valence-corrected chi connectivity index (χ4v) is 9.45. The van der Waals surface area contributed by atoms with Crippen LogP contribution in [-0.2, 0) is 28.6 Å². The minimum absolute atomic E-state index is 0.0751. The maximum absolute atomic E-state index is 12.9. The Bertz CT molecular complexity index is 1270. The summed E-state index contributed by atoms with van der Waals surface area (Å²) in [5.41, 5.74) is 0. The lowest BCUT2D eigenvalue weighted by Gasteiger charge is -2.18. The van der Waals surface area contributed by atoms with Gasteiger partial charge in [-0.15, -0.1) is 0 Å². The van der Waals surface area contributed by atoms with Crippen molar-refractivity contribution < 1.29 is 28.6 Å². The molecule has 0 radical (unpaired) electrons. The van der Waals surface area contributed by atoms with E-state index in [1.54, 1.807) is 0 Å². The van der Waals surface area contributed by atoms with Gasteiger partial charge in [0.1, 0.15) is 13.2 Å². The third-order valence-electron chi connectivity index (χ3n) is 14.3. The maximum Gasteiger partial charge on any atom is 0.306 e. The Morgan fingerprint density at radius 3 is 0.781 bits per heavy atom. The van der Waals surface area contributed by atoms with Gasteiger partial charge in [0.2, 0.25) is 0 Å². The Morgan fingerprint density at radius 2 is 0.493 bits per heavy atom. The Labute approximate surface area is 454 Å². The third-order valence-corrected chi connectivity index (χ3v) is 14.3. The fraction of sp³-hybridized carbons (Fsp3) is 0.836. The number of ether oxygens (including phenoxy) is 3. The highest BCUT2D eigenvalue weighted by atomic mass is 16.6. The number of hydrogen-bond donors (Lipinski definition) is 0. The van der Waals surface area contributed by atoms with Gasteiger partial charge in [-0.05, 0) is 83.5 Å². The van der Waals surface area contributed by atoms with Crippen molar-refractivity contribution in [3.8, 4) is 0 Å². The summed E-state index contributed by atoms with van der Waals surface area (Å²) in [6, 6.07) is 0. The van der Waals surface area contributed by atoms with Gasteiger partial charge in [0.25, 0.3) is 0 Å². The molecule has 0 rings (SSSR count). The van der Waals surface area contributed by atoms with Crippen molar-refractivity contribution in [1.29, 1.82) is 0 Å². The van der Waals surface area contributed by atoms with Crippen LogP contribution in [0, 0.1) is 0 Å². The molecule has 0 spiro atoms. The normalized spacial score (nSPS) is 12.3. The molecule has 1 unspecified atom stereocenters. The summed E-state index contributed by atoms with van der Waals surface area (Å²) in [4.78, 5) is 38.3. The minimum Gasteiger partial charge on any atom is -0.462 e. The average molecular weight is 1020 g/mol. The van der Waals surface area contributed by atoms with E-state index in [2.05, 4.69) is 69.4 Å². The van der Waals surface area contributed by atoms with Gasteiger partial charge in [0, 0.05) is 19.3 Å². The van der Waals surface area contributed by atoms with E-state index < -0.39 is 6.10 Å². The first-order valence-electron chi connectivity index (χ1n) is 32.1. The molecule has 6 heteroatoms. The lowest BCUT2D eigenvalue weighted by molar-refractivity contribution is -0.167. The molecule has 0 saturated heterocycles. The summed E-state index contributed by atoms with van der Waals surface area (Å²) >= 11 is 0. The first kappa shape index (κ1) is 70.4. The van der Waals surface area contributed by atoms with Crippen LogP contribution in [0.25, 0.3) is 0 Å². The zero-order chi connectivity index (χ0) is 52.9. The van der Waals surface area contributed by atoms with Crippen molar-refractivity contribution in [2.75, 3.05) is 13.2 Å². The summed E-state index contributed by atoms with van der Waals surface area (Å²) in [7, 11) is 0. The van der Waals surface area contributed by atoms with Gasteiger partial charge in [0.15, 0.2) is 6.10 Å². The molecule has 6 nitrogen and oxygen atoms in total. The van der Waals surface area contributed by atoms with Crippen LogP contribution in [0.2, 0.25) is 0 Å². The van der Waals surface area contributed by atoms with E-state index in [1.807, 2.05) is 0 Å². The molecular weight excluding hydrogens is 901 g/mol. The second-order valence-corrected chi connectivity index (χ2v) is 21.7. The highest BCUT2D eigenvalue weighted by Gasteiger charge is 2.19. The lowest BCUT2D eigenvalue weighted by atomic mass is 10.0. The summed E-state index contributed by atoms with van der Waals surface area (Å²) in [6.45, 7) is 6.67. The van der Waals surface area contributed by atoms with Crippen LogP contribution in [0.3, 0.4) is 0 Å². The molecule has 0 fully saturated rings. The highest BCUT2D eigenvalue weighted by Crippen LogP contribution is 2.17. The van der Waals surface area contributed by atoms with E-state index >= 15 is 0 Å². The van der Waals surface area contributed by atoms with Crippen molar-refractivity contribution in [3.05, 3.63) is 48.6 Å². The first-order chi connectivity index (χ1) is 36.0. The van der Waals surface area contributed by atoms with E-state index in [-0.39, 0.29) is 31.1 Å². The van der Waals surface area contributed by atoms with Crippen molar-refractivity contribution in [3.63, 3.8) is 0 Å². The maximum atomic E-state index is 12.9. The molecule has 0 amide bonds. The van der Waals surface area contributed by atoms with E-state index in [9.17, 15) is 14.4 Å². The van der Waals surface area contributed by atoms with Crippen molar-refractivity contribution in [2.45, 2.75) is 348 Å². The molecule has 426 valence electrons. The summed E-state index contributed by atoms with van der Waals surface area (Å²) in [5.74, 6) is -0.870. The van der Waals surface area contributed by atoms with Crippen LogP contribution in [0.5, 0.6) is 0 Å². The summed E-state index contributed by atoms with van der Waals surface area (Å²) in [5, 5.41) is 0. The predicted molar refractivity (Wildman–Crippen MR) is 316 cm³/mol. The smallest absolute Gasteiger partial charge is 0.306 e. The molecule has 0 aliphatic carbocycles. The average Bonchev–Trinajstić information content (AvgIpc) is 3.39. The van der Waals surface area contributed by atoms with Gasteiger partial charge in [-0.3, -0.25) is 14.4 Å². The number of rotatable bonds is 59. The van der Waals surface area contributed by atoms with Crippen molar-refractivity contribution in [1.82, 2.24) is 0 Å². The summed E-state index contributed by atoms with van der Waals surface area (Å²) in [6.07, 6.45) is 76.8. The molecule has 0 N–H and O–H groups in total. The molecule has 0 saturated carbocycles. The second kappa shape index (κ2) is 61.9.